The summed E-state index contributed by atoms with van der Waals surface area (Å²) in [5, 5.41) is 12.4. The molecule has 0 saturated carbocycles. The smallest absolute Gasteiger partial charge is 0.233 e. The maximum atomic E-state index is 12.4. The first-order chi connectivity index (χ1) is 11.6. The molecular weight excluding hydrogens is 340 g/mol. The predicted molar refractivity (Wildman–Crippen MR) is 100 cm³/mol. The van der Waals surface area contributed by atoms with Crippen LogP contribution in [0.4, 0.5) is 10.8 Å². The van der Waals surface area contributed by atoms with Crippen molar-refractivity contribution in [3.63, 3.8) is 0 Å². The molecule has 0 unspecified atom stereocenters. The van der Waals surface area contributed by atoms with Crippen molar-refractivity contribution in [2.45, 2.75) is 43.5 Å². The third-order valence-corrected chi connectivity index (χ3v) is 6.19. The number of nitrogens with zero attached hydrogens (tertiary/aromatic N) is 3. The van der Waals surface area contributed by atoms with Crippen molar-refractivity contribution in [2.24, 2.45) is 0 Å². The van der Waals surface area contributed by atoms with Crippen molar-refractivity contribution in [1.82, 2.24) is 15.1 Å². The number of hydrogen-bond acceptors (Lipinski definition) is 6. The minimum Gasteiger partial charge on any atom is -0.339 e. The van der Waals surface area contributed by atoms with Crippen LogP contribution in [-0.4, -0.2) is 39.3 Å². The van der Waals surface area contributed by atoms with E-state index in [9.17, 15) is 4.79 Å². The van der Waals surface area contributed by atoms with Gasteiger partial charge in [0.05, 0.1) is 5.75 Å². The molecule has 0 radical (unpaired) electrons. The Hall–Kier alpha value is -1.60. The van der Waals surface area contributed by atoms with Gasteiger partial charge < -0.3 is 10.2 Å². The SMILES string of the molecule is Cc1ccccc1Nc1nnc(SCC(=O)N2CCCC[C@H]2C)s1. The number of anilines is 2. The third-order valence-electron chi connectivity index (χ3n) is 4.24. The molecule has 1 aliphatic rings. The van der Waals surface area contributed by atoms with Crippen LogP contribution in [0.15, 0.2) is 28.6 Å². The number of aromatic nitrogens is 2. The second-order valence-electron chi connectivity index (χ2n) is 6.03. The summed E-state index contributed by atoms with van der Waals surface area (Å²) >= 11 is 2.96. The Morgan fingerprint density at radius 1 is 1.38 bits per heavy atom. The van der Waals surface area contributed by atoms with Gasteiger partial charge in [-0.05, 0) is 44.7 Å². The van der Waals surface area contributed by atoms with E-state index in [0.717, 1.165) is 40.1 Å². The highest BCUT2D eigenvalue weighted by Crippen LogP contribution is 2.29. The Bertz CT molecular complexity index is 703. The summed E-state index contributed by atoms with van der Waals surface area (Å²) in [6.07, 6.45) is 3.45. The van der Waals surface area contributed by atoms with Gasteiger partial charge >= 0.3 is 0 Å². The minimum atomic E-state index is 0.204. The number of nitrogens with one attached hydrogen (secondary N) is 1. The van der Waals surface area contributed by atoms with Gasteiger partial charge in [-0.1, -0.05) is 41.3 Å². The third kappa shape index (κ3) is 4.27. The molecule has 1 atom stereocenters. The lowest BCUT2D eigenvalue weighted by atomic mass is 10.0. The summed E-state index contributed by atoms with van der Waals surface area (Å²) in [5.74, 6) is 0.638. The molecule has 1 N–H and O–H groups in total. The molecule has 0 spiro atoms. The highest BCUT2D eigenvalue weighted by molar-refractivity contribution is 8.01. The quantitative estimate of drug-likeness (QED) is 0.812. The maximum absolute atomic E-state index is 12.4. The first-order valence-electron chi connectivity index (χ1n) is 8.22. The van der Waals surface area contributed by atoms with Crippen LogP contribution in [0, 0.1) is 6.92 Å². The number of rotatable bonds is 5. The van der Waals surface area contributed by atoms with E-state index in [1.807, 2.05) is 23.1 Å². The number of carbonyl (C=O) groups is 1. The number of piperidine rings is 1. The van der Waals surface area contributed by atoms with Crippen LogP contribution in [0.1, 0.15) is 31.7 Å². The maximum Gasteiger partial charge on any atom is 0.233 e. The Labute approximate surface area is 150 Å². The minimum absolute atomic E-state index is 0.204. The lowest BCUT2D eigenvalue weighted by Crippen LogP contribution is -2.42. The fourth-order valence-electron chi connectivity index (χ4n) is 2.82. The highest BCUT2D eigenvalue weighted by Gasteiger charge is 2.23. The van der Waals surface area contributed by atoms with Gasteiger partial charge in [0.25, 0.3) is 0 Å². The second-order valence-corrected chi connectivity index (χ2v) is 8.23. The van der Waals surface area contributed by atoms with E-state index < -0.39 is 0 Å². The number of benzene rings is 1. The summed E-state index contributed by atoms with van der Waals surface area (Å²) < 4.78 is 0.823. The van der Waals surface area contributed by atoms with Gasteiger partial charge in [0, 0.05) is 18.3 Å². The number of hydrogen-bond donors (Lipinski definition) is 1. The fraction of sp³-hybridized carbons (Fsp3) is 0.471. The topological polar surface area (TPSA) is 58.1 Å². The molecule has 1 saturated heterocycles. The van der Waals surface area contributed by atoms with Crippen molar-refractivity contribution in [2.75, 3.05) is 17.6 Å². The molecule has 1 fully saturated rings. The van der Waals surface area contributed by atoms with Crippen molar-refractivity contribution >= 4 is 39.8 Å². The van der Waals surface area contributed by atoms with Gasteiger partial charge in [-0.25, -0.2) is 0 Å². The summed E-state index contributed by atoms with van der Waals surface area (Å²) in [4.78, 5) is 14.4. The zero-order valence-electron chi connectivity index (χ0n) is 14.0. The van der Waals surface area contributed by atoms with Gasteiger partial charge in [0.1, 0.15) is 0 Å². The van der Waals surface area contributed by atoms with E-state index in [0.29, 0.717) is 11.8 Å². The number of likely N-dealkylation sites (tertiary alicyclic amines) is 1. The van der Waals surface area contributed by atoms with Crippen LogP contribution in [0.3, 0.4) is 0 Å². The zero-order chi connectivity index (χ0) is 16.9. The van der Waals surface area contributed by atoms with Crippen LogP contribution in [-0.2, 0) is 4.79 Å². The largest absolute Gasteiger partial charge is 0.339 e. The number of para-hydroxylation sites is 1. The molecule has 0 aliphatic carbocycles. The number of carbonyl (C=O) groups excluding carboxylic acids is 1. The van der Waals surface area contributed by atoms with E-state index in [1.54, 1.807) is 0 Å². The van der Waals surface area contributed by atoms with Crippen molar-refractivity contribution in [1.29, 1.82) is 0 Å². The molecule has 2 aromatic rings. The van der Waals surface area contributed by atoms with E-state index in [-0.39, 0.29) is 5.91 Å². The monoisotopic (exact) mass is 362 g/mol. The number of aryl methyl sites for hydroxylation is 1. The molecule has 0 bridgehead atoms. The number of amides is 1. The average Bonchev–Trinajstić information content (AvgIpc) is 3.03. The van der Waals surface area contributed by atoms with Crippen molar-refractivity contribution in [3.8, 4) is 0 Å². The molecule has 1 amide bonds. The van der Waals surface area contributed by atoms with E-state index >= 15 is 0 Å². The molecule has 1 aliphatic heterocycles. The molecule has 24 heavy (non-hydrogen) atoms. The fourth-order valence-corrected chi connectivity index (χ4v) is 4.47. The standard InChI is InChI=1S/C17H22N4OS2/c1-12-7-3-4-9-14(12)18-16-19-20-17(24-16)23-11-15(22)21-10-6-5-8-13(21)2/h3-4,7,9,13H,5-6,8,10-11H2,1-2H3,(H,18,19)/t13-/m1/s1. The Morgan fingerprint density at radius 2 is 2.21 bits per heavy atom. The molecule has 5 nitrogen and oxygen atoms in total. The lowest BCUT2D eigenvalue weighted by Gasteiger charge is -2.33. The summed E-state index contributed by atoms with van der Waals surface area (Å²) in [6.45, 7) is 5.07. The summed E-state index contributed by atoms with van der Waals surface area (Å²) in [5.41, 5.74) is 2.19. The van der Waals surface area contributed by atoms with Gasteiger partial charge in [-0.2, -0.15) is 0 Å². The second kappa shape index (κ2) is 7.98. The molecule has 1 aromatic carbocycles. The molecule has 3 rings (SSSR count). The molecule has 7 heteroatoms. The first kappa shape index (κ1) is 17.2. The van der Waals surface area contributed by atoms with Gasteiger partial charge in [0.2, 0.25) is 11.0 Å². The van der Waals surface area contributed by atoms with Crippen LogP contribution in [0.25, 0.3) is 0 Å². The van der Waals surface area contributed by atoms with E-state index in [4.69, 9.17) is 0 Å². The Morgan fingerprint density at radius 3 is 3.00 bits per heavy atom. The van der Waals surface area contributed by atoms with Crippen molar-refractivity contribution in [3.05, 3.63) is 29.8 Å². The highest BCUT2D eigenvalue weighted by atomic mass is 32.2. The summed E-state index contributed by atoms with van der Waals surface area (Å²) in [7, 11) is 0. The molecule has 1 aromatic heterocycles. The lowest BCUT2D eigenvalue weighted by molar-refractivity contribution is -0.131. The zero-order valence-corrected chi connectivity index (χ0v) is 15.6. The number of thioether (sulfide) groups is 1. The van der Waals surface area contributed by atoms with Crippen molar-refractivity contribution < 1.29 is 4.79 Å². The average molecular weight is 363 g/mol. The summed E-state index contributed by atoms with van der Waals surface area (Å²) in [6, 6.07) is 8.43. The van der Waals surface area contributed by atoms with Crippen LogP contribution in [0.2, 0.25) is 0 Å². The molecular formula is C17H22N4OS2. The molecule has 2 heterocycles. The van der Waals surface area contributed by atoms with Crippen LogP contribution in [0.5, 0.6) is 0 Å². The van der Waals surface area contributed by atoms with E-state index in [1.165, 1.54) is 29.5 Å². The van der Waals surface area contributed by atoms with Crippen LogP contribution >= 0.6 is 23.1 Å². The predicted octanol–water partition coefficient (Wildman–Crippen LogP) is 4.08. The normalized spacial score (nSPS) is 17.8. The van der Waals surface area contributed by atoms with E-state index in [2.05, 4.69) is 35.4 Å². The van der Waals surface area contributed by atoms with Crippen LogP contribution < -0.4 is 5.32 Å². The van der Waals surface area contributed by atoms with Gasteiger partial charge in [-0.15, -0.1) is 10.2 Å². The Kier molecular flexibility index (Phi) is 5.73. The van der Waals surface area contributed by atoms with Gasteiger partial charge in [-0.3, -0.25) is 4.79 Å². The first-order valence-corrected chi connectivity index (χ1v) is 10.0. The Balaban J connectivity index is 1.54. The van der Waals surface area contributed by atoms with Gasteiger partial charge in [0.15, 0.2) is 4.34 Å². The molecule has 128 valence electrons.